The second kappa shape index (κ2) is 4.66. The summed E-state index contributed by atoms with van der Waals surface area (Å²) in [6.45, 7) is 4.56. The van der Waals surface area contributed by atoms with Crippen molar-refractivity contribution in [3.05, 3.63) is 11.8 Å². The van der Waals surface area contributed by atoms with E-state index in [2.05, 4.69) is 18.8 Å². The molecule has 0 radical (unpaired) electrons. The fourth-order valence-electron chi connectivity index (χ4n) is 6.99. The Kier molecular flexibility index (Phi) is 2.91. The van der Waals surface area contributed by atoms with Crippen molar-refractivity contribution in [2.24, 2.45) is 50.4 Å². The molecular weight excluding hydrogens is 300 g/mol. The number of rotatable bonds is 1. The standard InChI is InChI=1S/C20H26N2O2/c1-11-3-5-14-13(11)7-21-9-20(14)17-16-12(2)4-6-15(16)19(10-23,8-22-17)18(20)24/h7-12,14-18,24H,3-6H2,1-2H3/t11-,12-,14-,15+,16-,17+,18+,19+,20+/m1/s1. The molecule has 2 bridgehead atoms. The zero-order valence-corrected chi connectivity index (χ0v) is 14.4. The molecule has 0 amide bonds. The van der Waals surface area contributed by atoms with Crippen LogP contribution in [-0.4, -0.2) is 36.0 Å². The summed E-state index contributed by atoms with van der Waals surface area (Å²) < 4.78 is 0. The summed E-state index contributed by atoms with van der Waals surface area (Å²) in [7, 11) is 0. The lowest BCUT2D eigenvalue weighted by Crippen LogP contribution is -2.71. The lowest BCUT2D eigenvalue weighted by Gasteiger charge is -2.62. The number of carbonyl (C=O) groups is 1. The van der Waals surface area contributed by atoms with Gasteiger partial charge in [0.1, 0.15) is 6.29 Å². The van der Waals surface area contributed by atoms with E-state index >= 15 is 0 Å². The number of aliphatic imine (C=N–C) groups is 2. The summed E-state index contributed by atoms with van der Waals surface area (Å²) in [6.07, 6.45) is 10.5. The van der Waals surface area contributed by atoms with Crippen LogP contribution in [0.25, 0.3) is 0 Å². The van der Waals surface area contributed by atoms with E-state index in [-0.39, 0.29) is 17.9 Å². The summed E-state index contributed by atoms with van der Waals surface area (Å²) in [4.78, 5) is 21.8. The molecule has 0 aromatic rings. The molecule has 3 saturated carbocycles. The molecule has 4 heteroatoms. The molecule has 0 unspecified atom stereocenters. The SMILES string of the molecule is C[C@@H]1CC[C@@H]2C1=CN=C[C@@]21[C@H]2N=C[C@](C=O)([C@H]3CC[C@@H](C)[C@H]32)[C@@H]1O. The average molecular weight is 326 g/mol. The largest absolute Gasteiger partial charge is 0.391 e. The van der Waals surface area contributed by atoms with Gasteiger partial charge in [-0.05, 0) is 54.4 Å². The number of nitrogens with zero attached hydrogens (tertiary/aromatic N) is 2. The van der Waals surface area contributed by atoms with Crippen molar-refractivity contribution in [3.63, 3.8) is 0 Å². The third kappa shape index (κ3) is 1.44. The van der Waals surface area contributed by atoms with Gasteiger partial charge in [0, 0.05) is 18.6 Å². The maximum absolute atomic E-state index is 12.3. The Balaban J connectivity index is 1.71. The molecule has 4 nitrogen and oxygen atoms in total. The van der Waals surface area contributed by atoms with Gasteiger partial charge in [-0.2, -0.15) is 0 Å². The molecule has 1 N–H and O–H groups in total. The van der Waals surface area contributed by atoms with Crippen LogP contribution in [0.1, 0.15) is 39.5 Å². The Morgan fingerprint density at radius 2 is 2.04 bits per heavy atom. The highest BCUT2D eigenvalue weighted by molar-refractivity contribution is 5.93. The fraction of sp³-hybridized carbons (Fsp3) is 0.750. The Bertz CT molecular complexity index is 683. The summed E-state index contributed by atoms with van der Waals surface area (Å²) in [5, 5.41) is 11.6. The van der Waals surface area contributed by atoms with Crippen molar-refractivity contribution in [2.75, 3.05) is 0 Å². The average Bonchev–Trinajstić information content (AvgIpc) is 3.18. The van der Waals surface area contributed by atoms with Gasteiger partial charge in [0.2, 0.25) is 0 Å². The molecule has 9 atom stereocenters. The fourth-order valence-corrected chi connectivity index (χ4v) is 6.99. The quantitative estimate of drug-likeness (QED) is 0.753. The first-order chi connectivity index (χ1) is 11.6. The number of aldehydes is 1. The molecule has 6 aliphatic rings. The Hall–Kier alpha value is -1.29. The Morgan fingerprint density at radius 3 is 2.83 bits per heavy atom. The molecule has 128 valence electrons. The second-order valence-corrected chi connectivity index (χ2v) is 8.92. The van der Waals surface area contributed by atoms with Gasteiger partial charge < -0.3 is 9.90 Å². The van der Waals surface area contributed by atoms with Crippen LogP contribution < -0.4 is 0 Å². The van der Waals surface area contributed by atoms with Gasteiger partial charge in [-0.15, -0.1) is 0 Å². The van der Waals surface area contributed by atoms with Gasteiger partial charge in [-0.3, -0.25) is 9.98 Å². The van der Waals surface area contributed by atoms with Crippen LogP contribution in [-0.2, 0) is 4.79 Å². The van der Waals surface area contributed by atoms with Gasteiger partial charge in [-0.1, -0.05) is 20.3 Å². The van der Waals surface area contributed by atoms with Gasteiger partial charge >= 0.3 is 0 Å². The lowest BCUT2D eigenvalue weighted by atomic mass is 9.45. The molecule has 6 rings (SSSR count). The zero-order chi connectivity index (χ0) is 16.7. The molecule has 3 aliphatic heterocycles. The molecule has 3 fully saturated rings. The molecule has 0 aromatic carbocycles. The number of aliphatic hydroxyl groups is 1. The van der Waals surface area contributed by atoms with Crippen molar-refractivity contribution in [2.45, 2.75) is 51.7 Å². The number of allylic oxidation sites excluding steroid dienone is 1. The first-order valence-corrected chi connectivity index (χ1v) is 9.49. The van der Waals surface area contributed by atoms with E-state index in [4.69, 9.17) is 4.99 Å². The van der Waals surface area contributed by atoms with Crippen molar-refractivity contribution < 1.29 is 9.90 Å². The highest BCUT2D eigenvalue weighted by atomic mass is 16.3. The summed E-state index contributed by atoms with van der Waals surface area (Å²) >= 11 is 0. The third-order valence-electron chi connectivity index (χ3n) is 8.17. The predicted molar refractivity (Wildman–Crippen MR) is 93.1 cm³/mol. The van der Waals surface area contributed by atoms with Crippen LogP contribution in [0.15, 0.2) is 21.8 Å². The monoisotopic (exact) mass is 326 g/mol. The van der Waals surface area contributed by atoms with E-state index in [1.807, 2.05) is 18.6 Å². The Morgan fingerprint density at radius 1 is 1.21 bits per heavy atom. The van der Waals surface area contributed by atoms with Crippen LogP contribution in [0.4, 0.5) is 0 Å². The van der Waals surface area contributed by atoms with Crippen LogP contribution >= 0.6 is 0 Å². The number of hydrogen-bond acceptors (Lipinski definition) is 4. The van der Waals surface area contributed by atoms with E-state index in [1.54, 1.807) is 0 Å². The van der Waals surface area contributed by atoms with E-state index in [9.17, 15) is 9.90 Å². The van der Waals surface area contributed by atoms with Crippen LogP contribution in [0.5, 0.6) is 0 Å². The van der Waals surface area contributed by atoms with Gasteiger partial charge in [-0.25, -0.2) is 0 Å². The van der Waals surface area contributed by atoms with E-state index in [0.29, 0.717) is 17.8 Å². The van der Waals surface area contributed by atoms with Crippen molar-refractivity contribution in [3.8, 4) is 0 Å². The van der Waals surface area contributed by atoms with Gasteiger partial charge in [0.05, 0.1) is 23.0 Å². The normalized spacial score (nSPS) is 57.1. The molecular formula is C20H26N2O2. The molecule has 3 aliphatic carbocycles. The number of aliphatic hydroxyl groups excluding tert-OH is 1. The number of fused-ring (bicyclic) bond motifs is 1. The molecule has 1 spiro atoms. The predicted octanol–water partition coefficient (Wildman–Crippen LogP) is 2.66. The highest BCUT2D eigenvalue weighted by Crippen LogP contribution is 2.66. The number of carbonyl (C=O) groups excluding carboxylic acids is 1. The second-order valence-electron chi connectivity index (χ2n) is 8.92. The number of hydrogen-bond donors (Lipinski definition) is 1. The molecule has 0 saturated heterocycles. The molecule has 0 aromatic heterocycles. The maximum atomic E-state index is 12.3. The zero-order valence-electron chi connectivity index (χ0n) is 14.4. The highest BCUT2D eigenvalue weighted by Gasteiger charge is 2.72. The van der Waals surface area contributed by atoms with Gasteiger partial charge in [0.15, 0.2) is 0 Å². The van der Waals surface area contributed by atoms with E-state index in [1.165, 1.54) is 5.57 Å². The molecule has 24 heavy (non-hydrogen) atoms. The minimum Gasteiger partial charge on any atom is -0.391 e. The minimum atomic E-state index is -0.815. The topological polar surface area (TPSA) is 62.0 Å². The lowest BCUT2D eigenvalue weighted by molar-refractivity contribution is -0.149. The van der Waals surface area contributed by atoms with Crippen LogP contribution in [0.3, 0.4) is 0 Å². The van der Waals surface area contributed by atoms with Crippen molar-refractivity contribution >= 4 is 18.7 Å². The van der Waals surface area contributed by atoms with E-state index in [0.717, 1.165) is 32.0 Å². The van der Waals surface area contributed by atoms with E-state index < -0.39 is 16.9 Å². The van der Waals surface area contributed by atoms with Crippen LogP contribution in [0, 0.1) is 40.4 Å². The Labute approximate surface area is 143 Å². The third-order valence-corrected chi connectivity index (χ3v) is 8.17. The van der Waals surface area contributed by atoms with Crippen molar-refractivity contribution in [1.29, 1.82) is 0 Å². The van der Waals surface area contributed by atoms with Gasteiger partial charge in [0.25, 0.3) is 0 Å². The summed E-state index contributed by atoms with van der Waals surface area (Å²) in [5.74, 6) is 2.00. The first-order valence-electron chi connectivity index (χ1n) is 9.49. The summed E-state index contributed by atoms with van der Waals surface area (Å²) in [5.41, 5.74) is 0.0666. The smallest absolute Gasteiger partial charge is 0.134 e. The minimum absolute atomic E-state index is 0.0691. The summed E-state index contributed by atoms with van der Waals surface area (Å²) in [6, 6.07) is 0.0691. The maximum Gasteiger partial charge on any atom is 0.134 e. The van der Waals surface area contributed by atoms with Crippen molar-refractivity contribution in [1.82, 2.24) is 0 Å². The first kappa shape index (κ1) is 15.0. The molecule has 3 heterocycles. The van der Waals surface area contributed by atoms with Crippen LogP contribution in [0.2, 0.25) is 0 Å².